The molecule has 2 heterocycles. The summed E-state index contributed by atoms with van der Waals surface area (Å²) in [6, 6.07) is 13.8. The number of halogens is 1. The molecule has 0 radical (unpaired) electrons. The summed E-state index contributed by atoms with van der Waals surface area (Å²) in [4.78, 5) is 21.0. The maximum Gasteiger partial charge on any atom is 0.253 e. The molecule has 2 aromatic carbocycles. The molecule has 6 nitrogen and oxygen atoms in total. The molecule has 1 saturated heterocycles. The van der Waals surface area contributed by atoms with E-state index < -0.39 is 0 Å². The van der Waals surface area contributed by atoms with Gasteiger partial charge in [0.05, 0.1) is 12.8 Å². The summed E-state index contributed by atoms with van der Waals surface area (Å²) in [5.41, 5.74) is 1.11. The van der Waals surface area contributed by atoms with E-state index in [0.717, 1.165) is 5.75 Å². The Kier molecular flexibility index (Phi) is 4.97. The molecular weight excluding hydrogens is 359 g/mol. The number of carbonyl (C=O) groups is 1. The number of ether oxygens (including phenoxy) is 1. The van der Waals surface area contributed by atoms with Crippen LogP contribution in [0.25, 0.3) is 5.69 Å². The van der Waals surface area contributed by atoms with E-state index in [2.05, 4.69) is 9.88 Å². The number of aromatic nitrogens is 2. The highest BCUT2D eigenvalue weighted by molar-refractivity contribution is 5.94. The fourth-order valence-electron chi connectivity index (χ4n) is 3.39. The molecule has 1 aromatic heterocycles. The van der Waals surface area contributed by atoms with Gasteiger partial charge in [0.2, 0.25) is 5.95 Å². The summed E-state index contributed by atoms with van der Waals surface area (Å²) in [5.74, 6) is 1.11. The van der Waals surface area contributed by atoms with E-state index >= 15 is 0 Å². The van der Waals surface area contributed by atoms with E-state index in [1.807, 2.05) is 4.90 Å². The SMILES string of the molecule is COc1ccc(C(=O)N2CCN(c3nccn3-c3ccccc3F)CC2)cc1. The molecule has 0 saturated carbocycles. The van der Waals surface area contributed by atoms with Crippen molar-refractivity contribution in [1.29, 1.82) is 0 Å². The first-order valence-electron chi connectivity index (χ1n) is 9.14. The van der Waals surface area contributed by atoms with Crippen LogP contribution in [-0.4, -0.2) is 53.6 Å². The Bertz CT molecular complexity index is 963. The third-order valence-electron chi connectivity index (χ3n) is 4.92. The second-order valence-corrected chi connectivity index (χ2v) is 6.56. The lowest BCUT2D eigenvalue weighted by molar-refractivity contribution is 0.0746. The zero-order valence-corrected chi connectivity index (χ0v) is 15.6. The van der Waals surface area contributed by atoms with Crippen molar-refractivity contribution >= 4 is 11.9 Å². The van der Waals surface area contributed by atoms with Gasteiger partial charge in [0.15, 0.2) is 0 Å². The lowest BCUT2D eigenvalue weighted by Gasteiger charge is -2.35. The number of methoxy groups -OCH3 is 1. The molecule has 1 amide bonds. The third-order valence-corrected chi connectivity index (χ3v) is 4.92. The number of benzene rings is 2. The van der Waals surface area contributed by atoms with Crippen LogP contribution in [-0.2, 0) is 0 Å². The zero-order chi connectivity index (χ0) is 19.5. The van der Waals surface area contributed by atoms with E-state index in [-0.39, 0.29) is 11.7 Å². The highest BCUT2D eigenvalue weighted by Crippen LogP contribution is 2.22. The maximum atomic E-state index is 14.2. The average Bonchev–Trinajstić information content (AvgIpc) is 3.23. The molecule has 1 aliphatic heterocycles. The van der Waals surface area contributed by atoms with Gasteiger partial charge in [0, 0.05) is 44.1 Å². The van der Waals surface area contributed by atoms with E-state index in [1.165, 1.54) is 6.07 Å². The van der Waals surface area contributed by atoms with Gasteiger partial charge in [-0.25, -0.2) is 9.37 Å². The van der Waals surface area contributed by atoms with Crippen LogP contribution < -0.4 is 9.64 Å². The van der Waals surface area contributed by atoms with Crippen molar-refractivity contribution in [2.45, 2.75) is 0 Å². The molecule has 0 spiro atoms. The molecule has 28 heavy (non-hydrogen) atoms. The quantitative estimate of drug-likeness (QED) is 0.698. The van der Waals surface area contributed by atoms with Gasteiger partial charge in [-0.05, 0) is 36.4 Å². The van der Waals surface area contributed by atoms with E-state index in [0.29, 0.717) is 43.4 Å². The number of nitrogens with zero attached hydrogens (tertiary/aromatic N) is 4. The first-order valence-corrected chi connectivity index (χ1v) is 9.14. The Hall–Kier alpha value is -3.35. The van der Waals surface area contributed by atoms with Crippen LogP contribution in [0.1, 0.15) is 10.4 Å². The molecule has 0 bridgehead atoms. The Morgan fingerprint density at radius 2 is 1.75 bits per heavy atom. The standard InChI is InChI=1S/C21H21FN4O2/c1-28-17-8-6-16(7-9-17)20(27)24-12-14-25(15-13-24)21-23-10-11-26(21)19-5-3-2-4-18(19)22/h2-11H,12-15H2,1H3. The monoisotopic (exact) mass is 380 g/mol. The van der Waals surface area contributed by atoms with Gasteiger partial charge in [-0.15, -0.1) is 0 Å². The summed E-state index contributed by atoms with van der Waals surface area (Å²) >= 11 is 0. The highest BCUT2D eigenvalue weighted by Gasteiger charge is 2.25. The van der Waals surface area contributed by atoms with Crippen LogP contribution in [0.4, 0.5) is 10.3 Å². The summed E-state index contributed by atoms with van der Waals surface area (Å²) in [6.07, 6.45) is 3.42. The van der Waals surface area contributed by atoms with Crippen LogP contribution in [0, 0.1) is 5.82 Å². The fraction of sp³-hybridized carbons (Fsp3) is 0.238. The van der Waals surface area contributed by atoms with Crippen LogP contribution in [0.5, 0.6) is 5.75 Å². The molecule has 0 N–H and O–H groups in total. The lowest BCUT2D eigenvalue weighted by atomic mass is 10.1. The van der Waals surface area contributed by atoms with Crippen LogP contribution in [0.15, 0.2) is 60.9 Å². The van der Waals surface area contributed by atoms with Crippen molar-refractivity contribution in [2.75, 3.05) is 38.2 Å². The first-order chi connectivity index (χ1) is 13.7. The predicted octanol–water partition coefficient (Wildman–Crippen LogP) is 2.98. The number of piperazine rings is 1. The first kappa shape index (κ1) is 18.0. The smallest absolute Gasteiger partial charge is 0.253 e. The van der Waals surface area contributed by atoms with Crippen molar-refractivity contribution in [2.24, 2.45) is 0 Å². The molecule has 0 atom stereocenters. The fourth-order valence-corrected chi connectivity index (χ4v) is 3.39. The van der Waals surface area contributed by atoms with Gasteiger partial charge in [0.1, 0.15) is 11.6 Å². The minimum atomic E-state index is -0.296. The largest absolute Gasteiger partial charge is 0.497 e. The number of anilines is 1. The van der Waals surface area contributed by atoms with Crippen molar-refractivity contribution in [3.05, 3.63) is 72.3 Å². The van der Waals surface area contributed by atoms with Crippen molar-refractivity contribution < 1.29 is 13.9 Å². The van der Waals surface area contributed by atoms with Gasteiger partial charge in [-0.1, -0.05) is 12.1 Å². The van der Waals surface area contributed by atoms with E-state index in [9.17, 15) is 9.18 Å². The highest BCUT2D eigenvalue weighted by atomic mass is 19.1. The lowest BCUT2D eigenvalue weighted by Crippen LogP contribution is -2.49. The number of carbonyl (C=O) groups excluding carboxylic acids is 1. The Morgan fingerprint density at radius 3 is 2.43 bits per heavy atom. The average molecular weight is 380 g/mol. The number of hydrogen-bond acceptors (Lipinski definition) is 4. The van der Waals surface area contributed by atoms with Gasteiger partial charge >= 0.3 is 0 Å². The molecular formula is C21H21FN4O2. The number of imidazole rings is 1. The molecule has 7 heteroatoms. The van der Waals surface area contributed by atoms with Crippen molar-refractivity contribution in [3.63, 3.8) is 0 Å². The topological polar surface area (TPSA) is 50.6 Å². The van der Waals surface area contributed by atoms with Crippen molar-refractivity contribution in [1.82, 2.24) is 14.5 Å². The summed E-state index contributed by atoms with van der Waals surface area (Å²) in [5, 5.41) is 0. The van der Waals surface area contributed by atoms with Crippen LogP contribution in [0.3, 0.4) is 0 Å². The predicted molar refractivity (Wildman–Crippen MR) is 105 cm³/mol. The molecule has 0 aliphatic carbocycles. The van der Waals surface area contributed by atoms with Crippen molar-refractivity contribution in [3.8, 4) is 11.4 Å². The minimum absolute atomic E-state index is 0.000233. The maximum absolute atomic E-state index is 14.2. The second-order valence-electron chi connectivity index (χ2n) is 6.56. The normalized spacial score (nSPS) is 14.2. The van der Waals surface area contributed by atoms with E-state index in [1.54, 1.807) is 66.5 Å². The van der Waals surface area contributed by atoms with Gasteiger partial charge in [-0.2, -0.15) is 0 Å². The summed E-state index contributed by atoms with van der Waals surface area (Å²) in [6.45, 7) is 2.42. The molecule has 144 valence electrons. The number of rotatable bonds is 4. The summed E-state index contributed by atoms with van der Waals surface area (Å²) in [7, 11) is 1.60. The minimum Gasteiger partial charge on any atom is -0.497 e. The van der Waals surface area contributed by atoms with Crippen LogP contribution in [0.2, 0.25) is 0 Å². The molecule has 1 aliphatic rings. The zero-order valence-electron chi connectivity index (χ0n) is 15.6. The number of para-hydroxylation sites is 1. The Balaban J connectivity index is 1.46. The van der Waals surface area contributed by atoms with E-state index in [4.69, 9.17) is 4.74 Å². The Labute approximate surface area is 162 Å². The van der Waals surface area contributed by atoms with Gasteiger partial charge in [0.25, 0.3) is 5.91 Å². The number of amides is 1. The van der Waals surface area contributed by atoms with Gasteiger partial charge in [-0.3, -0.25) is 9.36 Å². The molecule has 0 unspecified atom stereocenters. The molecule has 1 fully saturated rings. The van der Waals surface area contributed by atoms with Gasteiger partial charge < -0.3 is 14.5 Å². The summed E-state index contributed by atoms with van der Waals surface area (Å²) < 4.78 is 21.1. The van der Waals surface area contributed by atoms with Crippen LogP contribution >= 0.6 is 0 Å². The second kappa shape index (κ2) is 7.72. The third kappa shape index (κ3) is 3.43. The number of hydrogen-bond donors (Lipinski definition) is 0. The molecule has 4 rings (SSSR count). The Morgan fingerprint density at radius 1 is 1.04 bits per heavy atom. The molecule has 3 aromatic rings.